The second kappa shape index (κ2) is 9.25. The summed E-state index contributed by atoms with van der Waals surface area (Å²) in [6.45, 7) is 2.97. The molecule has 0 N–H and O–H groups in total. The third kappa shape index (κ3) is 7.43. The third-order valence-electron chi connectivity index (χ3n) is 5.87. The van der Waals surface area contributed by atoms with E-state index in [1.807, 2.05) is 12.1 Å². The van der Waals surface area contributed by atoms with Gasteiger partial charge >= 0.3 is 16.2 Å². The van der Waals surface area contributed by atoms with Crippen LogP contribution in [0.25, 0.3) is 0 Å². The largest absolute Gasteiger partial charge is 0.423 e. The van der Waals surface area contributed by atoms with E-state index in [0.29, 0.717) is 24.2 Å². The van der Waals surface area contributed by atoms with Gasteiger partial charge in [-0.3, -0.25) is 0 Å². The van der Waals surface area contributed by atoms with Crippen molar-refractivity contribution in [3.63, 3.8) is 0 Å². The maximum absolute atomic E-state index is 12.8. The van der Waals surface area contributed by atoms with Crippen LogP contribution in [0.1, 0.15) is 73.7 Å². The first-order valence-corrected chi connectivity index (χ1v) is 13.1. The van der Waals surface area contributed by atoms with Gasteiger partial charge in [-0.2, -0.15) is 0 Å². The third-order valence-corrected chi connectivity index (χ3v) is 7.04. The van der Waals surface area contributed by atoms with Crippen LogP contribution in [0.2, 0.25) is 0 Å². The van der Waals surface area contributed by atoms with E-state index in [9.17, 15) is 24.2 Å². The zero-order chi connectivity index (χ0) is 24.2. The minimum absolute atomic E-state index is 0.219. The molecule has 3 rings (SSSR count). The maximum Gasteiger partial charge on any atom is 0.343 e. The first-order valence-electron chi connectivity index (χ1n) is 11.1. The van der Waals surface area contributed by atoms with E-state index in [2.05, 4.69) is 6.92 Å². The van der Waals surface area contributed by atoms with Crippen LogP contribution in [0.5, 0.6) is 5.75 Å². The molecule has 1 fully saturated rings. The number of halogens is 5. The maximum atomic E-state index is 12.8. The molecule has 0 saturated heterocycles. The van der Waals surface area contributed by atoms with Crippen LogP contribution < -0.4 is 4.74 Å². The lowest BCUT2D eigenvalue weighted by Crippen LogP contribution is -2.21. The summed E-state index contributed by atoms with van der Waals surface area (Å²) in [6.07, 6.45) is 7.74. The van der Waals surface area contributed by atoms with Crippen LogP contribution in [0, 0.1) is 0 Å². The Morgan fingerprint density at radius 2 is 1.48 bits per heavy atom. The average molecular weight is 493 g/mol. The quantitative estimate of drug-likeness (QED) is 0.152. The second-order valence-corrected chi connectivity index (χ2v) is 10.9. The van der Waals surface area contributed by atoms with Gasteiger partial charge in [0, 0.05) is 6.61 Å². The van der Waals surface area contributed by atoms with E-state index in [0.717, 1.165) is 44.3 Å². The molecular weight excluding hydrogens is 463 g/mol. The van der Waals surface area contributed by atoms with E-state index in [1.165, 1.54) is 12.8 Å². The van der Waals surface area contributed by atoms with Crippen molar-refractivity contribution >= 4 is 16.2 Å². The molecule has 0 amide bonds. The molecule has 0 bridgehead atoms. The summed E-state index contributed by atoms with van der Waals surface area (Å²) in [5.74, 6) is -0.636. The molecule has 9 heteroatoms. The zero-order valence-corrected chi connectivity index (χ0v) is 19.3. The van der Waals surface area contributed by atoms with Gasteiger partial charge < -0.3 is 9.47 Å². The zero-order valence-electron chi connectivity index (χ0n) is 18.5. The number of esters is 1. The number of unbranched alkanes of at least 4 members (excludes halogenated alkanes) is 2. The van der Waals surface area contributed by atoms with Gasteiger partial charge in [0.1, 0.15) is 10.6 Å². The molecule has 1 aliphatic carbocycles. The van der Waals surface area contributed by atoms with Gasteiger partial charge in [0.2, 0.25) is 0 Å². The molecule has 0 unspecified atom stereocenters. The highest BCUT2D eigenvalue weighted by Gasteiger charge is 2.65. The molecule has 0 radical (unpaired) electrons. The van der Waals surface area contributed by atoms with E-state index < -0.39 is 21.1 Å². The summed E-state index contributed by atoms with van der Waals surface area (Å²) in [4.78, 5) is 10.3. The van der Waals surface area contributed by atoms with Crippen molar-refractivity contribution in [2.24, 2.45) is 0 Å². The van der Waals surface area contributed by atoms with Gasteiger partial charge in [0.15, 0.2) is 0 Å². The summed E-state index contributed by atoms with van der Waals surface area (Å²) in [5.41, 5.74) is 1.33. The fraction of sp³-hybridized carbons (Fsp3) is 0.458. The molecule has 1 saturated carbocycles. The van der Waals surface area contributed by atoms with Crippen molar-refractivity contribution in [2.45, 2.75) is 68.8 Å². The SMILES string of the molecule is CCCCCO[C@H]1CC[C@H](c2ccc(C(=O)Oc3ccc(S(F)(F)(F)(F)F)cc3)cc2)CC1. The fourth-order valence-corrected chi connectivity index (χ4v) is 4.64. The van der Waals surface area contributed by atoms with Crippen molar-refractivity contribution < 1.29 is 33.7 Å². The molecule has 2 aromatic rings. The summed E-state index contributed by atoms with van der Waals surface area (Å²) < 4.78 is 74.9. The van der Waals surface area contributed by atoms with Crippen LogP contribution in [0.4, 0.5) is 19.4 Å². The lowest BCUT2D eigenvalue weighted by molar-refractivity contribution is 0.0227. The lowest BCUT2D eigenvalue weighted by atomic mass is 9.82. The van der Waals surface area contributed by atoms with Crippen LogP contribution in [-0.4, -0.2) is 18.7 Å². The Labute approximate surface area is 191 Å². The molecule has 33 heavy (non-hydrogen) atoms. The van der Waals surface area contributed by atoms with Crippen LogP contribution >= 0.6 is 10.2 Å². The molecule has 2 aromatic carbocycles. The minimum atomic E-state index is -9.76. The topological polar surface area (TPSA) is 35.5 Å². The molecule has 184 valence electrons. The summed E-state index contributed by atoms with van der Waals surface area (Å²) >= 11 is 0. The second-order valence-electron chi connectivity index (χ2n) is 8.50. The van der Waals surface area contributed by atoms with Crippen molar-refractivity contribution in [2.75, 3.05) is 6.61 Å². The van der Waals surface area contributed by atoms with Crippen molar-refractivity contribution in [3.05, 3.63) is 59.7 Å². The molecule has 0 spiro atoms. The Morgan fingerprint density at radius 3 is 2.03 bits per heavy atom. The summed E-state index contributed by atoms with van der Waals surface area (Å²) in [6, 6.07) is 8.77. The van der Waals surface area contributed by atoms with Gasteiger partial charge in [-0.1, -0.05) is 51.3 Å². The number of ether oxygens (including phenoxy) is 2. The molecule has 1 aliphatic rings. The van der Waals surface area contributed by atoms with Crippen LogP contribution in [-0.2, 0) is 4.74 Å². The Balaban J connectivity index is 1.53. The average Bonchev–Trinajstić information content (AvgIpc) is 2.76. The number of benzene rings is 2. The predicted molar refractivity (Wildman–Crippen MR) is 120 cm³/mol. The number of hydrogen-bond donors (Lipinski definition) is 0. The van der Waals surface area contributed by atoms with Crippen LogP contribution in [0.15, 0.2) is 53.4 Å². The van der Waals surface area contributed by atoms with Gasteiger partial charge in [-0.15, -0.1) is 0 Å². The van der Waals surface area contributed by atoms with E-state index in [1.54, 1.807) is 12.1 Å². The van der Waals surface area contributed by atoms with Gasteiger partial charge in [0.25, 0.3) is 0 Å². The molecule has 0 aliphatic heterocycles. The Bertz CT molecular complexity index is 936. The van der Waals surface area contributed by atoms with Crippen molar-refractivity contribution in [3.8, 4) is 5.75 Å². The van der Waals surface area contributed by atoms with Gasteiger partial charge in [-0.25, -0.2) is 4.79 Å². The highest BCUT2D eigenvalue weighted by atomic mass is 32.5. The number of rotatable bonds is 9. The van der Waals surface area contributed by atoms with Crippen molar-refractivity contribution in [1.82, 2.24) is 0 Å². The standard InChI is InChI=1S/C24H29F5O3S/c1-2-3-4-17-31-21-11-9-19(10-12-21)18-5-7-20(8-6-18)24(30)32-22-13-15-23(16-14-22)33(25,26,27,28)29/h5-8,13-16,19,21H,2-4,9-12,17H2,1H3/t19-,21-. The Morgan fingerprint density at radius 1 is 0.879 bits per heavy atom. The van der Waals surface area contributed by atoms with Gasteiger partial charge in [0.05, 0.1) is 11.7 Å². The van der Waals surface area contributed by atoms with Crippen molar-refractivity contribution in [1.29, 1.82) is 0 Å². The molecule has 0 heterocycles. The van der Waals surface area contributed by atoms with E-state index in [4.69, 9.17) is 9.47 Å². The number of carbonyl (C=O) groups excluding carboxylic acids is 1. The smallest absolute Gasteiger partial charge is 0.343 e. The highest BCUT2D eigenvalue weighted by molar-refractivity contribution is 8.45. The molecular formula is C24H29F5O3S. The molecule has 3 nitrogen and oxygen atoms in total. The van der Waals surface area contributed by atoms with E-state index in [-0.39, 0.29) is 23.4 Å². The number of hydrogen-bond acceptors (Lipinski definition) is 3. The first kappa shape index (κ1) is 25.5. The van der Waals surface area contributed by atoms with Gasteiger partial charge in [-0.05, 0) is 80.0 Å². The minimum Gasteiger partial charge on any atom is -0.423 e. The van der Waals surface area contributed by atoms with E-state index >= 15 is 0 Å². The monoisotopic (exact) mass is 492 g/mol. The molecule has 0 atom stereocenters. The first-order chi connectivity index (χ1) is 15.4. The normalized spacial score (nSPS) is 21.2. The van der Waals surface area contributed by atoms with Crippen LogP contribution in [0.3, 0.4) is 0 Å². The molecule has 0 aromatic heterocycles. The highest BCUT2D eigenvalue weighted by Crippen LogP contribution is 3.02. The fourth-order valence-electron chi connectivity index (χ4n) is 3.99. The Kier molecular flexibility index (Phi) is 7.15. The summed E-state index contributed by atoms with van der Waals surface area (Å²) in [5, 5.41) is 0. The lowest BCUT2D eigenvalue weighted by Gasteiger charge is -2.40. The summed E-state index contributed by atoms with van der Waals surface area (Å²) in [7, 11) is -9.76. The number of carbonyl (C=O) groups is 1. The Hall–Kier alpha value is -2.13. The predicted octanol–water partition coefficient (Wildman–Crippen LogP) is 8.80.